The SMILES string of the molecule is CCOC(=O)Cc1ncnc2cc(Cl)ccc12. The van der Waals surface area contributed by atoms with Crippen LogP contribution in [0.3, 0.4) is 0 Å². The van der Waals surface area contributed by atoms with Crippen LogP contribution in [0.1, 0.15) is 12.6 Å². The van der Waals surface area contributed by atoms with Gasteiger partial charge in [0, 0.05) is 10.4 Å². The van der Waals surface area contributed by atoms with Gasteiger partial charge in [0.1, 0.15) is 6.33 Å². The highest BCUT2D eigenvalue weighted by Crippen LogP contribution is 2.19. The van der Waals surface area contributed by atoms with Crippen LogP contribution in [0.15, 0.2) is 24.5 Å². The lowest BCUT2D eigenvalue weighted by atomic mass is 10.1. The Morgan fingerprint density at radius 1 is 1.41 bits per heavy atom. The number of hydrogen-bond donors (Lipinski definition) is 0. The van der Waals surface area contributed by atoms with Gasteiger partial charge in [-0.25, -0.2) is 9.97 Å². The Balaban J connectivity index is 2.37. The van der Waals surface area contributed by atoms with E-state index >= 15 is 0 Å². The molecule has 4 nitrogen and oxygen atoms in total. The number of nitrogens with zero attached hydrogens (tertiary/aromatic N) is 2. The van der Waals surface area contributed by atoms with Crippen LogP contribution in [0.2, 0.25) is 5.02 Å². The van der Waals surface area contributed by atoms with Gasteiger partial charge in [-0.3, -0.25) is 4.79 Å². The van der Waals surface area contributed by atoms with E-state index in [1.54, 1.807) is 19.1 Å². The zero-order valence-electron chi connectivity index (χ0n) is 9.31. The summed E-state index contributed by atoms with van der Waals surface area (Å²) in [6.07, 6.45) is 1.57. The number of halogens is 1. The summed E-state index contributed by atoms with van der Waals surface area (Å²) in [5, 5.41) is 1.43. The second-order valence-corrected chi connectivity index (χ2v) is 3.90. The van der Waals surface area contributed by atoms with Crippen molar-refractivity contribution in [2.24, 2.45) is 0 Å². The topological polar surface area (TPSA) is 52.1 Å². The van der Waals surface area contributed by atoms with Crippen molar-refractivity contribution in [1.29, 1.82) is 0 Å². The number of carbonyl (C=O) groups excluding carboxylic acids is 1. The zero-order valence-corrected chi connectivity index (χ0v) is 10.1. The third-order valence-corrected chi connectivity index (χ3v) is 2.53. The summed E-state index contributed by atoms with van der Waals surface area (Å²) >= 11 is 5.87. The molecule has 0 spiro atoms. The number of fused-ring (bicyclic) bond motifs is 1. The van der Waals surface area contributed by atoms with Gasteiger partial charge >= 0.3 is 5.97 Å². The minimum Gasteiger partial charge on any atom is -0.466 e. The summed E-state index contributed by atoms with van der Waals surface area (Å²) < 4.78 is 4.89. The molecule has 88 valence electrons. The molecular weight excluding hydrogens is 240 g/mol. The van der Waals surface area contributed by atoms with E-state index < -0.39 is 0 Å². The summed E-state index contributed by atoms with van der Waals surface area (Å²) in [6, 6.07) is 5.31. The van der Waals surface area contributed by atoms with Gasteiger partial charge < -0.3 is 4.74 Å². The van der Waals surface area contributed by atoms with Crippen molar-refractivity contribution >= 4 is 28.5 Å². The Labute approximate surface area is 104 Å². The molecule has 2 aromatic rings. The number of carbonyl (C=O) groups is 1. The highest BCUT2D eigenvalue weighted by molar-refractivity contribution is 6.31. The van der Waals surface area contributed by atoms with Gasteiger partial charge in [-0.05, 0) is 25.1 Å². The van der Waals surface area contributed by atoms with E-state index in [9.17, 15) is 4.79 Å². The molecule has 2 rings (SSSR count). The van der Waals surface area contributed by atoms with Crippen LogP contribution in [0.5, 0.6) is 0 Å². The number of rotatable bonds is 3. The Bertz CT molecular complexity index is 557. The summed E-state index contributed by atoms with van der Waals surface area (Å²) in [5.41, 5.74) is 1.39. The van der Waals surface area contributed by atoms with E-state index in [2.05, 4.69) is 9.97 Å². The maximum atomic E-state index is 11.4. The van der Waals surface area contributed by atoms with Crippen molar-refractivity contribution < 1.29 is 9.53 Å². The van der Waals surface area contributed by atoms with Crippen LogP contribution in [-0.4, -0.2) is 22.5 Å². The van der Waals surface area contributed by atoms with Crippen molar-refractivity contribution in [2.45, 2.75) is 13.3 Å². The molecule has 0 saturated carbocycles. The summed E-state index contributed by atoms with van der Waals surface area (Å²) in [4.78, 5) is 19.6. The Kier molecular flexibility index (Phi) is 3.54. The molecule has 17 heavy (non-hydrogen) atoms. The summed E-state index contributed by atoms with van der Waals surface area (Å²) in [6.45, 7) is 2.14. The molecule has 0 bridgehead atoms. The lowest BCUT2D eigenvalue weighted by Crippen LogP contribution is -2.09. The molecule has 0 radical (unpaired) electrons. The first-order chi connectivity index (χ1) is 8.20. The predicted molar refractivity (Wildman–Crippen MR) is 64.9 cm³/mol. The molecule has 0 saturated heterocycles. The lowest BCUT2D eigenvalue weighted by Gasteiger charge is -2.04. The first-order valence-electron chi connectivity index (χ1n) is 5.25. The van der Waals surface area contributed by atoms with Crippen molar-refractivity contribution in [3.63, 3.8) is 0 Å². The van der Waals surface area contributed by atoms with E-state index in [4.69, 9.17) is 16.3 Å². The third kappa shape index (κ3) is 2.71. The third-order valence-electron chi connectivity index (χ3n) is 2.30. The fourth-order valence-electron chi connectivity index (χ4n) is 1.58. The number of benzene rings is 1. The fraction of sp³-hybridized carbons (Fsp3) is 0.250. The zero-order chi connectivity index (χ0) is 12.3. The molecule has 1 aromatic carbocycles. The van der Waals surface area contributed by atoms with Crippen molar-refractivity contribution in [3.8, 4) is 0 Å². The van der Waals surface area contributed by atoms with Gasteiger partial charge in [0.05, 0.1) is 24.2 Å². The number of aromatic nitrogens is 2. The highest BCUT2D eigenvalue weighted by atomic mass is 35.5. The molecular formula is C12H11ClN2O2. The standard InChI is InChI=1S/C12H11ClN2O2/c1-2-17-12(16)6-11-9-4-3-8(13)5-10(9)14-7-15-11/h3-5,7H,2,6H2,1H3. The number of hydrogen-bond acceptors (Lipinski definition) is 4. The van der Waals surface area contributed by atoms with Gasteiger partial charge in [0.2, 0.25) is 0 Å². The molecule has 0 atom stereocenters. The fourth-order valence-corrected chi connectivity index (χ4v) is 1.74. The molecule has 0 amide bonds. The molecule has 0 aliphatic carbocycles. The lowest BCUT2D eigenvalue weighted by molar-refractivity contribution is -0.142. The first-order valence-corrected chi connectivity index (χ1v) is 5.63. The molecule has 0 N–H and O–H groups in total. The number of esters is 1. The second-order valence-electron chi connectivity index (χ2n) is 3.46. The van der Waals surface area contributed by atoms with Gasteiger partial charge in [-0.15, -0.1) is 0 Å². The maximum absolute atomic E-state index is 11.4. The summed E-state index contributed by atoms with van der Waals surface area (Å²) in [7, 11) is 0. The van der Waals surface area contributed by atoms with Crippen LogP contribution in [0.4, 0.5) is 0 Å². The Morgan fingerprint density at radius 2 is 2.24 bits per heavy atom. The quantitative estimate of drug-likeness (QED) is 0.785. The minimum atomic E-state index is -0.289. The van der Waals surface area contributed by atoms with Crippen molar-refractivity contribution in [1.82, 2.24) is 9.97 Å². The van der Waals surface area contributed by atoms with Crippen LogP contribution in [0, 0.1) is 0 Å². The second kappa shape index (κ2) is 5.10. The molecule has 1 aromatic heterocycles. The monoisotopic (exact) mass is 250 g/mol. The van der Waals surface area contributed by atoms with E-state index in [-0.39, 0.29) is 12.4 Å². The van der Waals surface area contributed by atoms with Crippen LogP contribution < -0.4 is 0 Å². The highest BCUT2D eigenvalue weighted by Gasteiger charge is 2.09. The summed E-state index contributed by atoms with van der Waals surface area (Å²) in [5.74, 6) is -0.289. The Hall–Kier alpha value is -1.68. The van der Waals surface area contributed by atoms with Gasteiger partial charge in [0.25, 0.3) is 0 Å². The normalized spacial score (nSPS) is 10.5. The molecule has 0 aliphatic heterocycles. The largest absolute Gasteiger partial charge is 0.466 e. The molecule has 1 heterocycles. The van der Waals surface area contributed by atoms with Crippen LogP contribution >= 0.6 is 11.6 Å². The molecule has 0 fully saturated rings. The van der Waals surface area contributed by atoms with E-state index in [0.29, 0.717) is 17.3 Å². The number of ether oxygens (including phenoxy) is 1. The molecule has 0 aliphatic rings. The van der Waals surface area contributed by atoms with Crippen molar-refractivity contribution in [3.05, 3.63) is 35.2 Å². The average Bonchev–Trinajstić information content (AvgIpc) is 2.29. The smallest absolute Gasteiger partial charge is 0.311 e. The van der Waals surface area contributed by atoms with Crippen LogP contribution in [0.25, 0.3) is 10.9 Å². The molecule has 0 unspecified atom stereocenters. The van der Waals surface area contributed by atoms with Gasteiger partial charge in [0.15, 0.2) is 0 Å². The average molecular weight is 251 g/mol. The van der Waals surface area contributed by atoms with E-state index in [1.807, 2.05) is 6.07 Å². The van der Waals surface area contributed by atoms with Crippen molar-refractivity contribution in [2.75, 3.05) is 6.61 Å². The van der Waals surface area contributed by atoms with Gasteiger partial charge in [-0.2, -0.15) is 0 Å². The predicted octanol–water partition coefficient (Wildman–Crippen LogP) is 2.39. The maximum Gasteiger partial charge on any atom is 0.311 e. The first kappa shape index (κ1) is 11.8. The molecule has 5 heteroatoms. The van der Waals surface area contributed by atoms with E-state index in [0.717, 1.165) is 10.9 Å². The van der Waals surface area contributed by atoms with Crippen LogP contribution in [-0.2, 0) is 16.0 Å². The van der Waals surface area contributed by atoms with Gasteiger partial charge in [-0.1, -0.05) is 11.6 Å². The van der Waals surface area contributed by atoms with E-state index in [1.165, 1.54) is 6.33 Å². The Morgan fingerprint density at radius 3 is 3.00 bits per heavy atom. The minimum absolute atomic E-state index is 0.147.